The summed E-state index contributed by atoms with van der Waals surface area (Å²) in [7, 11) is 0. The summed E-state index contributed by atoms with van der Waals surface area (Å²) in [6.45, 7) is -1.05. The van der Waals surface area contributed by atoms with Crippen molar-refractivity contribution in [1.82, 2.24) is 10.2 Å². The molecule has 1 N–H and O–H groups in total. The molecule has 4 amide bonds. The highest BCUT2D eigenvalue weighted by atomic mass is 19.3. The van der Waals surface area contributed by atoms with Gasteiger partial charge in [-0.1, -0.05) is 0 Å². The van der Waals surface area contributed by atoms with E-state index in [1.54, 1.807) is 0 Å². The number of alkyl halides is 2. The van der Waals surface area contributed by atoms with E-state index >= 15 is 0 Å². The van der Waals surface area contributed by atoms with Crippen LogP contribution in [0, 0.1) is 5.41 Å². The second-order valence-corrected chi connectivity index (χ2v) is 4.26. The number of nitrogens with zero attached hydrogens (tertiary/aromatic N) is 1. The van der Waals surface area contributed by atoms with Gasteiger partial charge in [-0.25, -0.2) is 13.6 Å². The monoisotopic (exact) mass is 262 g/mol. The molecule has 0 radical (unpaired) electrons. The topological polar surface area (TPSA) is 75.7 Å². The average Bonchev–Trinajstić information content (AvgIpc) is 3.07. The van der Waals surface area contributed by atoms with E-state index in [9.17, 15) is 23.2 Å². The van der Waals surface area contributed by atoms with Crippen molar-refractivity contribution in [3.8, 4) is 0 Å². The van der Waals surface area contributed by atoms with E-state index in [1.165, 1.54) is 0 Å². The maximum Gasteiger partial charge on any atom is 0.330 e. The second kappa shape index (κ2) is 4.60. The van der Waals surface area contributed by atoms with Crippen molar-refractivity contribution < 1.29 is 27.9 Å². The first kappa shape index (κ1) is 12.9. The Morgan fingerprint density at radius 1 is 1.33 bits per heavy atom. The van der Waals surface area contributed by atoms with Crippen LogP contribution in [0.2, 0.25) is 0 Å². The zero-order valence-corrected chi connectivity index (χ0v) is 9.45. The maximum atomic E-state index is 11.9. The van der Waals surface area contributed by atoms with Crippen molar-refractivity contribution in [1.29, 1.82) is 0 Å². The fourth-order valence-corrected chi connectivity index (χ4v) is 1.83. The summed E-state index contributed by atoms with van der Waals surface area (Å²) in [6.07, 6.45) is -1.76. The second-order valence-electron chi connectivity index (χ2n) is 4.26. The van der Waals surface area contributed by atoms with Crippen molar-refractivity contribution in [2.45, 2.75) is 19.3 Å². The fraction of sp³-hybridized carbons (Fsp3) is 0.700. The van der Waals surface area contributed by atoms with Crippen LogP contribution in [-0.4, -0.2) is 48.9 Å². The summed E-state index contributed by atoms with van der Waals surface area (Å²) in [5.74, 6) is -1.13. The lowest BCUT2D eigenvalue weighted by Crippen LogP contribution is -2.59. The molecule has 1 heterocycles. The SMILES string of the molecule is O=C1NC(=O)C2(CC2)C(=O)N1CCOCC(F)F. The van der Waals surface area contributed by atoms with Crippen LogP contribution in [0.3, 0.4) is 0 Å². The molecule has 8 heteroatoms. The van der Waals surface area contributed by atoms with Gasteiger partial charge in [-0.2, -0.15) is 0 Å². The number of barbiturate groups is 1. The number of halogens is 2. The Labute approximate surface area is 101 Å². The highest BCUT2D eigenvalue weighted by molar-refractivity contribution is 6.20. The van der Waals surface area contributed by atoms with E-state index in [2.05, 4.69) is 10.1 Å². The largest absolute Gasteiger partial charge is 0.374 e. The van der Waals surface area contributed by atoms with Crippen molar-refractivity contribution in [2.75, 3.05) is 19.8 Å². The molecule has 6 nitrogen and oxygen atoms in total. The summed E-state index contributed by atoms with van der Waals surface area (Å²) < 4.78 is 28.2. The Morgan fingerprint density at radius 3 is 2.56 bits per heavy atom. The lowest BCUT2D eigenvalue weighted by atomic mass is 10.0. The van der Waals surface area contributed by atoms with Gasteiger partial charge in [0.15, 0.2) is 0 Å². The van der Waals surface area contributed by atoms with Crippen LogP contribution < -0.4 is 5.32 Å². The van der Waals surface area contributed by atoms with E-state index in [0.29, 0.717) is 12.8 Å². The van der Waals surface area contributed by atoms with Crippen LogP contribution in [-0.2, 0) is 14.3 Å². The number of carbonyl (C=O) groups excluding carboxylic acids is 3. The zero-order valence-electron chi connectivity index (χ0n) is 9.45. The minimum Gasteiger partial charge on any atom is -0.374 e. The molecular weight excluding hydrogens is 250 g/mol. The minimum absolute atomic E-state index is 0.133. The molecule has 0 bridgehead atoms. The van der Waals surface area contributed by atoms with Gasteiger partial charge in [0.2, 0.25) is 11.8 Å². The molecule has 0 unspecified atom stereocenters. The van der Waals surface area contributed by atoms with Gasteiger partial charge in [0.05, 0.1) is 13.2 Å². The minimum atomic E-state index is -2.59. The van der Waals surface area contributed by atoms with Gasteiger partial charge in [-0.15, -0.1) is 0 Å². The van der Waals surface area contributed by atoms with Gasteiger partial charge in [0, 0.05) is 0 Å². The van der Waals surface area contributed by atoms with Crippen LogP contribution >= 0.6 is 0 Å². The van der Waals surface area contributed by atoms with Crippen LogP contribution in [0.5, 0.6) is 0 Å². The first-order valence-electron chi connectivity index (χ1n) is 5.50. The number of nitrogens with one attached hydrogen (secondary N) is 1. The van der Waals surface area contributed by atoms with Gasteiger partial charge in [0.25, 0.3) is 6.43 Å². The lowest BCUT2D eigenvalue weighted by Gasteiger charge is -2.29. The number of hydrogen-bond donors (Lipinski definition) is 1. The third kappa shape index (κ3) is 2.20. The van der Waals surface area contributed by atoms with E-state index < -0.39 is 36.3 Å². The van der Waals surface area contributed by atoms with Crippen LogP contribution in [0.15, 0.2) is 0 Å². The molecule has 100 valence electrons. The van der Waals surface area contributed by atoms with E-state index in [1.807, 2.05) is 0 Å². The molecule has 2 fully saturated rings. The number of ether oxygens (including phenoxy) is 1. The van der Waals surface area contributed by atoms with Crippen molar-refractivity contribution >= 4 is 17.8 Å². The number of amides is 4. The number of hydrogen-bond acceptors (Lipinski definition) is 4. The summed E-state index contributed by atoms with van der Waals surface area (Å²) in [5.41, 5.74) is -1.10. The predicted octanol–water partition coefficient (Wildman–Crippen LogP) is 0.127. The highest BCUT2D eigenvalue weighted by Gasteiger charge is 2.62. The fourth-order valence-electron chi connectivity index (χ4n) is 1.83. The molecule has 1 saturated carbocycles. The number of rotatable bonds is 5. The zero-order chi connectivity index (χ0) is 13.3. The predicted molar refractivity (Wildman–Crippen MR) is 53.7 cm³/mol. The van der Waals surface area contributed by atoms with Crippen LogP contribution in [0.25, 0.3) is 0 Å². The van der Waals surface area contributed by atoms with Gasteiger partial charge < -0.3 is 4.74 Å². The molecule has 0 atom stereocenters. The molecule has 0 aromatic rings. The van der Waals surface area contributed by atoms with Crippen molar-refractivity contribution in [3.05, 3.63) is 0 Å². The smallest absolute Gasteiger partial charge is 0.330 e. The summed E-state index contributed by atoms with van der Waals surface area (Å²) in [4.78, 5) is 35.6. The third-order valence-corrected chi connectivity index (χ3v) is 3.01. The number of carbonyl (C=O) groups is 3. The molecule has 2 rings (SSSR count). The Bertz CT molecular complexity index is 395. The molecule has 1 aliphatic heterocycles. The first-order chi connectivity index (χ1) is 8.47. The summed E-state index contributed by atoms with van der Waals surface area (Å²) >= 11 is 0. The molecule has 0 aromatic heterocycles. The average molecular weight is 262 g/mol. The van der Waals surface area contributed by atoms with Gasteiger partial charge >= 0.3 is 6.03 Å². The van der Waals surface area contributed by atoms with Gasteiger partial charge in [-0.05, 0) is 12.8 Å². The van der Waals surface area contributed by atoms with Crippen molar-refractivity contribution in [3.63, 3.8) is 0 Å². The van der Waals surface area contributed by atoms with Crippen molar-refractivity contribution in [2.24, 2.45) is 5.41 Å². The Hall–Kier alpha value is -1.57. The molecule has 1 aliphatic carbocycles. The number of imide groups is 2. The molecule has 0 aromatic carbocycles. The van der Waals surface area contributed by atoms with Crippen LogP contribution in [0.4, 0.5) is 13.6 Å². The molecule has 18 heavy (non-hydrogen) atoms. The van der Waals surface area contributed by atoms with E-state index in [4.69, 9.17) is 0 Å². The van der Waals surface area contributed by atoms with Crippen LogP contribution in [0.1, 0.15) is 12.8 Å². The molecular formula is C10H12F2N2O4. The Morgan fingerprint density at radius 2 is 2.00 bits per heavy atom. The maximum absolute atomic E-state index is 11.9. The van der Waals surface area contributed by atoms with E-state index in [-0.39, 0.29) is 13.2 Å². The Balaban J connectivity index is 1.89. The molecule has 1 saturated heterocycles. The molecule has 2 aliphatic rings. The standard InChI is InChI=1S/C10H12F2N2O4/c11-6(12)5-18-4-3-14-8(16)10(1-2-10)7(15)13-9(14)17/h6H,1-5H2,(H,13,15,17). The van der Waals surface area contributed by atoms with Gasteiger partial charge in [-0.3, -0.25) is 19.8 Å². The number of urea groups is 1. The molecule has 1 spiro atoms. The summed E-state index contributed by atoms with van der Waals surface area (Å²) in [6, 6.07) is -0.817. The quantitative estimate of drug-likeness (QED) is 0.564. The summed E-state index contributed by atoms with van der Waals surface area (Å²) in [5, 5.41) is 2.09. The highest BCUT2D eigenvalue weighted by Crippen LogP contribution is 2.48. The Kier molecular flexibility index (Phi) is 3.29. The lowest BCUT2D eigenvalue weighted by molar-refractivity contribution is -0.145. The van der Waals surface area contributed by atoms with E-state index in [0.717, 1.165) is 4.90 Å². The van der Waals surface area contributed by atoms with Gasteiger partial charge in [0.1, 0.15) is 12.0 Å². The first-order valence-corrected chi connectivity index (χ1v) is 5.50. The third-order valence-electron chi connectivity index (χ3n) is 3.01. The normalized spacial score (nSPS) is 21.7.